The molecule has 1 N–H and O–H groups in total. The van der Waals surface area contributed by atoms with Crippen LogP contribution in [0.15, 0.2) is 24.5 Å². The molecule has 0 aliphatic heterocycles. The Kier molecular flexibility index (Phi) is 6.20. The smallest absolute Gasteiger partial charge is 0.0270 e. The fourth-order valence-corrected chi connectivity index (χ4v) is 2.01. The highest BCUT2D eigenvalue weighted by atomic mass is 14.9. The molecular formula is C15H26N2. The van der Waals surface area contributed by atoms with Crippen LogP contribution in [0, 0.1) is 11.8 Å². The van der Waals surface area contributed by atoms with E-state index in [4.69, 9.17) is 0 Å². The van der Waals surface area contributed by atoms with Crippen molar-refractivity contribution in [2.75, 3.05) is 6.54 Å². The minimum Gasteiger partial charge on any atom is -0.313 e. The molecule has 0 spiro atoms. The van der Waals surface area contributed by atoms with Gasteiger partial charge in [0.25, 0.3) is 0 Å². The summed E-state index contributed by atoms with van der Waals surface area (Å²) in [6.07, 6.45) is 6.05. The standard InChI is InChI=1S/C15H26N2/c1-5-8-17-15(13(4)12(2)3)11-14-6-9-16-10-7-14/h6-7,9-10,12-13,15,17H,5,8,11H2,1-4H3. The van der Waals surface area contributed by atoms with Crippen LogP contribution in [0.25, 0.3) is 0 Å². The van der Waals surface area contributed by atoms with E-state index < -0.39 is 0 Å². The van der Waals surface area contributed by atoms with E-state index in [1.54, 1.807) is 0 Å². The molecule has 1 heterocycles. The highest BCUT2D eigenvalue weighted by Gasteiger charge is 2.19. The Bertz CT molecular complexity index is 295. The summed E-state index contributed by atoms with van der Waals surface area (Å²) < 4.78 is 0. The highest BCUT2D eigenvalue weighted by Crippen LogP contribution is 2.18. The van der Waals surface area contributed by atoms with Crippen molar-refractivity contribution in [2.45, 2.75) is 46.6 Å². The van der Waals surface area contributed by atoms with E-state index in [1.165, 1.54) is 12.0 Å². The van der Waals surface area contributed by atoms with E-state index in [1.807, 2.05) is 12.4 Å². The van der Waals surface area contributed by atoms with Crippen LogP contribution in [0.5, 0.6) is 0 Å². The van der Waals surface area contributed by atoms with Crippen molar-refractivity contribution in [3.63, 3.8) is 0 Å². The summed E-state index contributed by atoms with van der Waals surface area (Å²) in [6.45, 7) is 10.3. The average Bonchev–Trinajstić information content (AvgIpc) is 2.34. The largest absolute Gasteiger partial charge is 0.313 e. The van der Waals surface area contributed by atoms with E-state index in [0.29, 0.717) is 17.9 Å². The first-order valence-electron chi connectivity index (χ1n) is 6.77. The van der Waals surface area contributed by atoms with Gasteiger partial charge in [-0.2, -0.15) is 0 Å². The van der Waals surface area contributed by atoms with Gasteiger partial charge in [-0.05, 0) is 48.9 Å². The summed E-state index contributed by atoms with van der Waals surface area (Å²) in [7, 11) is 0. The summed E-state index contributed by atoms with van der Waals surface area (Å²) in [5.74, 6) is 1.40. The van der Waals surface area contributed by atoms with Crippen LogP contribution in [-0.2, 0) is 6.42 Å². The molecule has 0 radical (unpaired) electrons. The lowest BCUT2D eigenvalue weighted by molar-refractivity contribution is 0.297. The molecule has 0 amide bonds. The van der Waals surface area contributed by atoms with Crippen LogP contribution in [-0.4, -0.2) is 17.6 Å². The Labute approximate surface area is 106 Å². The van der Waals surface area contributed by atoms with Gasteiger partial charge in [-0.3, -0.25) is 4.98 Å². The van der Waals surface area contributed by atoms with Crippen molar-refractivity contribution in [1.29, 1.82) is 0 Å². The van der Waals surface area contributed by atoms with E-state index >= 15 is 0 Å². The molecule has 1 aromatic rings. The second-order valence-corrected chi connectivity index (χ2v) is 5.22. The summed E-state index contributed by atoms with van der Waals surface area (Å²) in [5, 5.41) is 3.68. The third-order valence-corrected chi connectivity index (χ3v) is 3.55. The molecule has 0 aromatic carbocycles. The minimum absolute atomic E-state index is 0.567. The lowest BCUT2D eigenvalue weighted by Crippen LogP contribution is -2.39. The van der Waals surface area contributed by atoms with Crippen LogP contribution in [0.2, 0.25) is 0 Å². The number of nitrogens with one attached hydrogen (secondary N) is 1. The zero-order valence-corrected chi connectivity index (χ0v) is 11.6. The minimum atomic E-state index is 0.567. The van der Waals surface area contributed by atoms with Crippen LogP contribution in [0.4, 0.5) is 0 Å². The molecule has 0 bridgehead atoms. The Morgan fingerprint density at radius 2 is 1.82 bits per heavy atom. The van der Waals surface area contributed by atoms with Crippen molar-refractivity contribution in [3.8, 4) is 0 Å². The van der Waals surface area contributed by atoms with Gasteiger partial charge < -0.3 is 5.32 Å². The molecule has 2 heteroatoms. The first-order chi connectivity index (χ1) is 8.15. The monoisotopic (exact) mass is 234 g/mol. The van der Waals surface area contributed by atoms with Crippen LogP contribution in [0.1, 0.15) is 39.7 Å². The zero-order chi connectivity index (χ0) is 12.7. The lowest BCUT2D eigenvalue weighted by atomic mass is 9.86. The fourth-order valence-electron chi connectivity index (χ4n) is 2.01. The van der Waals surface area contributed by atoms with E-state index in [-0.39, 0.29) is 0 Å². The number of nitrogens with zero attached hydrogens (tertiary/aromatic N) is 1. The van der Waals surface area contributed by atoms with Gasteiger partial charge >= 0.3 is 0 Å². The molecule has 0 fully saturated rings. The molecular weight excluding hydrogens is 208 g/mol. The Hall–Kier alpha value is -0.890. The van der Waals surface area contributed by atoms with Gasteiger partial charge in [-0.15, -0.1) is 0 Å². The van der Waals surface area contributed by atoms with Crippen molar-refractivity contribution in [1.82, 2.24) is 10.3 Å². The predicted octanol–water partition coefficient (Wildman–Crippen LogP) is 3.28. The van der Waals surface area contributed by atoms with Gasteiger partial charge in [0.2, 0.25) is 0 Å². The zero-order valence-electron chi connectivity index (χ0n) is 11.6. The van der Waals surface area contributed by atoms with Crippen molar-refractivity contribution >= 4 is 0 Å². The molecule has 17 heavy (non-hydrogen) atoms. The van der Waals surface area contributed by atoms with Gasteiger partial charge in [0.15, 0.2) is 0 Å². The predicted molar refractivity (Wildman–Crippen MR) is 74.0 cm³/mol. The van der Waals surface area contributed by atoms with E-state index in [9.17, 15) is 0 Å². The SMILES string of the molecule is CCCNC(Cc1ccncc1)C(C)C(C)C. The quantitative estimate of drug-likeness (QED) is 0.783. The summed E-state index contributed by atoms with van der Waals surface area (Å²) in [6, 6.07) is 4.80. The second kappa shape index (κ2) is 7.44. The molecule has 2 unspecified atom stereocenters. The molecule has 0 saturated carbocycles. The normalized spacial score (nSPS) is 14.9. The first kappa shape index (κ1) is 14.2. The van der Waals surface area contributed by atoms with Crippen molar-refractivity contribution < 1.29 is 0 Å². The molecule has 0 aliphatic carbocycles. The maximum absolute atomic E-state index is 4.07. The van der Waals surface area contributed by atoms with Crippen molar-refractivity contribution in [2.24, 2.45) is 11.8 Å². The Morgan fingerprint density at radius 1 is 1.18 bits per heavy atom. The number of hydrogen-bond donors (Lipinski definition) is 1. The fraction of sp³-hybridized carbons (Fsp3) is 0.667. The Morgan fingerprint density at radius 3 is 2.35 bits per heavy atom. The number of rotatable bonds is 7. The van der Waals surface area contributed by atoms with E-state index in [2.05, 4.69) is 50.1 Å². The van der Waals surface area contributed by atoms with E-state index in [0.717, 1.165) is 13.0 Å². The maximum atomic E-state index is 4.07. The molecule has 96 valence electrons. The van der Waals surface area contributed by atoms with Crippen LogP contribution >= 0.6 is 0 Å². The number of aromatic nitrogens is 1. The van der Waals surface area contributed by atoms with Crippen molar-refractivity contribution in [3.05, 3.63) is 30.1 Å². The topological polar surface area (TPSA) is 24.9 Å². The van der Waals surface area contributed by atoms with Gasteiger partial charge in [0.1, 0.15) is 0 Å². The molecule has 2 nitrogen and oxygen atoms in total. The maximum Gasteiger partial charge on any atom is 0.0270 e. The third kappa shape index (κ3) is 4.86. The van der Waals surface area contributed by atoms with Gasteiger partial charge in [-0.1, -0.05) is 27.7 Å². The summed E-state index contributed by atoms with van der Waals surface area (Å²) in [4.78, 5) is 4.07. The summed E-state index contributed by atoms with van der Waals surface area (Å²) >= 11 is 0. The lowest BCUT2D eigenvalue weighted by Gasteiger charge is -2.28. The first-order valence-corrected chi connectivity index (χ1v) is 6.77. The molecule has 2 atom stereocenters. The average molecular weight is 234 g/mol. The molecule has 0 aliphatic rings. The van der Waals surface area contributed by atoms with Gasteiger partial charge in [0.05, 0.1) is 0 Å². The molecule has 0 saturated heterocycles. The van der Waals surface area contributed by atoms with Gasteiger partial charge in [0, 0.05) is 18.4 Å². The van der Waals surface area contributed by atoms with Crippen LogP contribution in [0.3, 0.4) is 0 Å². The number of pyridine rings is 1. The third-order valence-electron chi connectivity index (χ3n) is 3.55. The van der Waals surface area contributed by atoms with Gasteiger partial charge in [-0.25, -0.2) is 0 Å². The number of hydrogen-bond acceptors (Lipinski definition) is 2. The molecule has 1 aromatic heterocycles. The second-order valence-electron chi connectivity index (χ2n) is 5.22. The molecule has 1 rings (SSSR count). The van der Waals surface area contributed by atoms with Crippen LogP contribution < -0.4 is 5.32 Å². The summed E-state index contributed by atoms with van der Waals surface area (Å²) in [5.41, 5.74) is 1.38. The highest BCUT2D eigenvalue weighted by molar-refractivity contribution is 5.11. The Balaban J connectivity index is 2.63.